The van der Waals surface area contributed by atoms with E-state index in [0.29, 0.717) is 6.54 Å². The highest BCUT2D eigenvalue weighted by atomic mass is 16.6. The van der Waals surface area contributed by atoms with E-state index in [0.717, 1.165) is 4.90 Å². The topological polar surface area (TPSA) is 99.6 Å². The molecule has 0 saturated carbocycles. The third-order valence-corrected chi connectivity index (χ3v) is 3.67. The summed E-state index contributed by atoms with van der Waals surface area (Å²) in [5.74, 6) is -0.328. The molecule has 9 nitrogen and oxygen atoms in total. The molecule has 0 aromatic rings. The van der Waals surface area contributed by atoms with Gasteiger partial charge in [0.2, 0.25) is 5.91 Å². The Morgan fingerprint density at radius 1 is 1.31 bits per heavy atom. The number of ether oxygens (including phenoxy) is 2. The van der Waals surface area contributed by atoms with Crippen molar-refractivity contribution < 1.29 is 29.0 Å². The van der Waals surface area contributed by atoms with Crippen LogP contribution in [0, 0.1) is 0 Å². The first-order valence-corrected chi connectivity index (χ1v) is 8.46. The number of carbonyl (C=O) groups excluding carboxylic acids is 3. The maximum absolute atomic E-state index is 12.5. The van der Waals surface area contributed by atoms with Crippen LogP contribution < -0.4 is 0 Å². The summed E-state index contributed by atoms with van der Waals surface area (Å²) in [5, 5.41) is 9.61. The summed E-state index contributed by atoms with van der Waals surface area (Å²) in [5.41, 5.74) is -0.618. The molecule has 0 aromatic carbocycles. The molecule has 0 radical (unpaired) electrons. The molecule has 1 aliphatic rings. The second kappa shape index (κ2) is 9.42. The zero-order valence-corrected chi connectivity index (χ0v) is 15.9. The summed E-state index contributed by atoms with van der Waals surface area (Å²) in [6.07, 6.45) is 0.324. The molecule has 0 aliphatic carbocycles. The van der Waals surface area contributed by atoms with Crippen LogP contribution >= 0.6 is 0 Å². The van der Waals surface area contributed by atoms with Crippen molar-refractivity contribution in [1.29, 1.82) is 0 Å². The fourth-order valence-corrected chi connectivity index (χ4v) is 2.43. The lowest BCUT2D eigenvalue weighted by Crippen LogP contribution is -2.59. The SMILES string of the molecule is C=CCOC(=O)N(C)CC(=O)N1CCN(C(=O)OC(C)(C)C)C[C@@H]1CO. The normalized spacial score (nSPS) is 17.5. The van der Waals surface area contributed by atoms with Gasteiger partial charge in [-0.15, -0.1) is 0 Å². The Hall–Kier alpha value is -2.29. The van der Waals surface area contributed by atoms with Gasteiger partial charge in [0.05, 0.1) is 12.6 Å². The van der Waals surface area contributed by atoms with Gasteiger partial charge in [-0.1, -0.05) is 12.7 Å². The van der Waals surface area contributed by atoms with Gasteiger partial charge in [0.1, 0.15) is 18.8 Å². The summed E-state index contributed by atoms with van der Waals surface area (Å²) < 4.78 is 10.2. The lowest BCUT2D eigenvalue weighted by atomic mass is 10.1. The molecule has 1 fully saturated rings. The minimum atomic E-state index is -0.633. The Morgan fingerprint density at radius 3 is 2.50 bits per heavy atom. The highest BCUT2D eigenvalue weighted by molar-refractivity contribution is 5.83. The predicted molar refractivity (Wildman–Crippen MR) is 94.6 cm³/mol. The van der Waals surface area contributed by atoms with Crippen molar-refractivity contribution in [2.45, 2.75) is 32.4 Å². The maximum atomic E-state index is 12.5. The van der Waals surface area contributed by atoms with Crippen LogP contribution in [0.15, 0.2) is 12.7 Å². The number of amides is 3. The third kappa shape index (κ3) is 6.55. The van der Waals surface area contributed by atoms with E-state index < -0.39 is 23.8 Å². The van der Waals surface area contributed by atoms with Crippen molar-refractivity contribution in [3.8, 4) is 0 Å². The second-order valence-electron chi connectivity index (χ2n) is 7.07. The lowest BCUT2D eigenvalue weighted by Gasteiger charge is -2.41. The van der Waals surface area contributed by atoms with Crippen molar-refractivity contribution >= 4 is 18.1 Å². The molecule has 3 amide bonds. The number of aliphatic hydroxyl groups excluding tert-OH is 1. The average Bonchev–Trinajstić information content (AvgIpc) is 2.57. The summed E-state index contributed by atoms with van der Waals surface area (Å²) >= 11 is 0. The molecule has 0 spiro atoms. The molecule has 1 aliphatic heterocycles. The highest BCUT2D eigenvalue weighted by Gasteiger charge is 2.34. The summed E-state index contributed by atoms with van der Waals surface area (Å²) in [7, 11) is 1.45. The van der Waals surface area contributed by atoms with Crippen molar-refractivity contribution in [3.05, 3.63) is 12.7 Å². The number of aliphatic hydroxyl groups is 1. The Bertz CT molecular complexity index is 531. The molecule has 148 valence electrons. The Balaban J connectivity index is 2.63. The molecule has 1 N–H and O–H groups in total. The Morgan fingerprint density at radius 2 is 1.96 bits per heavy atom. The van der Waals surface area contributed by atoms with E-state index in [1.807, 2.05) is 0 Å². The van der Waals surface area contributed by atoms with Crippen LogP contribution in [0.3, 0.4) is 0 Å². The monoisotopic (exact) mass is 371 g/mol. The smallest absolute Gasteiger partial charge is 0.410 e. The van der Waals surface area contributed by atoms with Gasteiger partial charge in [0, 0.05) is 26.7 Å². The number of rotatable bonds is 5. The van der Waals surface area contributed by atoms with Crippen LogP contribution in [-0.2, 0) is 14.3 Å². The van der Waals surface area contributed by atoms with Gasteiger partial charge in [-0.25, -0.2) is 9.59 Å². The fraction of sp³-hybridized carbons (Fsp3) is 0.706. The van der Waals surface area contributed by atoms with Crippen molar-refractivity contribution in [2.75, 3.05) is 46.4 Å². The molecular formula is C17H29N3O6. The number of nitrogens with zero attached hydrogens (tertiary/aromatic N) is 3. The van der Waals surface area contributed by atoms with E-state index in [4.69, 9.17) is 9.47 Å². The molecule has 1 saturated heterocycles. The molecule has 1 heterocycles. The molecule has 0 bridgehead atoms. The largest absolute Gasteiger partial charge is 0.445 e. The molecule has 26 heavy (non-hydrogen) atoms. The van der Waals surface area contributed by atoms with Gasteiger partial charge in [-0.05, 0) is 20.8 Å². The Labute approximate surface area is 154 Å². The number of carbonyl (C=O) groups is 3. The molecule has 0 aromatic heterocycles. The van der Waals surface area contributed by atoms with Crippen molar-refractivity contribution in [1.82, 2.24) is 14.7 Å². The van der Waals surface area contributed by atoms with Crippen LogP contribution in [0.25, 0.3) is 0 Å². The maximum Gasteiger partial charge on any atom is 0.410 e. The number of hydrogen-bond donors (Lipinski definition) is 1. The van der Waals surface area contributed by atoms with Crippen LogP contribution in [-0.4, -0.2) is 96.0 Å². The standard InChI is InChI=1S/C17H29N3O6/c1-6-9-25-15(23)18(5)11-14(22)20-8-7-19(10-13(20)12-21)16(24)26-17(2,3)4/h6,13,21H,1,7-12H2,2-5H3/t13-/m1/s1. The lowest BCUT2D eigenvalue weighted by molar-refractivity contribution is -0.138. The van der Waals surface area contributed by atoms with Gasteiger partial charge in [0.15, 0.2) is 0 Å². The minimum Gasteiger partial charge on any atom is -0.445 e. The first-order valence-electron chi connectivity index (χ1n) is 8.46. The summed E-state index contributed by atoms with van der Waals surface area (Å²) in [4.78, 5) is 40.4. The number of likely N-dealkylation sites (N-methyl/N-ethyl adjacent to an activating group) is 1. The molecule has 9 heteroatoms. The Kier molecular flexibility index (Phi) is 7.88. The van der Waals surface area contributed by atoms with E-state index in [2.05, 4.69) is 6.58 Å². The van der Waals surface area contributed by atoms with Crippen LogP contribution in [0.1, 0.15) is 20.8 Å². The summed E-state index contributed by atoms with van der Waals surface area (Å²) in [6, 6.07) is -0.554. The predicted octanol–water partition coefficient (Wildman–Crippen LogP) is 0.681. The first-order chi connectivity index (χ1) is 12.1. The summed E-state index contributed by atoms with van der Waals surface area (Å²) in [6.45, 7) is 9.06. The highest BCUT2D eigenvalue weighted by Crippen LogP contribution is 2.15. The van der Waals surface area contributed by atoms with Gasteiger partial charge in [-0.2, -0.15) is 0 Å². The van der Waals surface area contributed by atoms with Crippen LogP contribution in [0.5, 0.6) is 0 Å². The van der Waals surface area contributed by atoms with Crippen molar-refractivity contribution in [3.63, 3.8) is 0 Å². The third-order valence-electron chi connectivity index (χ3n) is 3.67. The van der Waals surface area contributed by atoms with Gasteiger partial charge < -0.3 is 29.3 Å². The number of hydrogen-bond acceptors (Lipinski definition) is 6. The quantitative estimate of drug-likeness (QED) is 0.714. The van der Waals surface area contributed by atoms with Gasteiger partial charge in [0.25, 0.3) is 0 Å². The van der Waals surface area contributed by atoms with Gasteiger partial charge in [-0.3, -0.25) is 4.79 Å². The average molecular weight is 371 g/mol. The van der Waals surface area contributed by atoms with Crippen LogP contribution in [0.4, 0.5) is 9.59 Å². The van der Waals surface area contributed by atoms with Gasteiger partial charge >= 0.3 is 12.2 Å². The number of piperazine rings is 1. The first kappa shape index (κ1) is 21.8. The van der Waals surface area contributed by atoms with E-state index in [-0.39, 0.29) is 38.8 Å². The van der Waals surface area contributed by atoms with Crippen molar-refractivity contribution in [2.24, 2.45) is 0 Å². The zero-order chi connectivity index (χ0) is 19.9. The molecular weight excluding hydrogens is 342 g/mol. The molecule has 1 rings (SSSR count). The van der Waals surface area contributed by atoms with Crippen LogP contribution in [0.2, 0.25) is 0 Å². The zero-order valence-electron chi connectivity index (χ0n) is 15.9. The van der Waals surface area contributed by atoms with E-state index >= 15 is 0 Å². The second-order valence-corrected chi connectivity index (χ2v) is 7.07. The van der Waals surface area contributed by atoms with E-state index in [1.165, 1.54) is 22.9 Å². The fourth-order valence-electron chi connectivity index (χ4n) is 2.43. The molecule has 0 unspecified atom stereocenters. The molecule has 1 atom stereocenters. The minimum absolute atomic E-state index is 0.0607. The van der Waals surface area contributed by atoms with E-state index in [1.54, 1.807) is 20.8 Å². The van der Waals surface area contributed by atoms with E-state index in [9.17, 15) is 19.5 Å².